The van der Waals surface area contributed by atoms with E-state index in [9.17, 15) is 14.0 Å². The molecule has 25 heavy (non-hydrogen) atoms. The van der Waals surface area contributed by atoms with Crippen molar-refractivity contribution >= 4 is 29.3 Å². The maximum absolute atomic E-state index is 12.9. The normalized spacial score (nSPS) is 10.8. The van der Waals surface area contributed by atoms with Crippen molar-refractivity contribution in [3.8, 4) is 10.4 Å². The van der Waals surface area contributed by atoms with Gasteiger partial charge in [0.1, 0.15) is 5.82 Å². The van der Waals surface area contributed by atoms with E-state index in [2.05, 4.69) is 5.32 Å². The predicted octanol–water partition coefficient (Wildman–Crippen LogP) is 4.03. The van der Waals surface area contributed by atoms with Gasteiger partial charge in [0.05, 0.1) is 6.61 Å². The number of rotatable bonds is 8. The van der Waals surface area contributed by atoms with Gasteiger partial charge in [-0.1, -0.05) is 12.1 Å². The number of carbonyl (C=O) groups is 2. The van der Waals surface area contributed by atoms with Gasteiger partial charge in [-0.3, -0.25) is 9.59 Å². The number of thiophene rings is 1. The summed E-state index contributed by atoms with van der Waals surface area (Å²) in [5, 5.41) is 2.72. The highest BCUT2D eigenvalue weighted by Gasteiger charge is 2.03. The molecule has 2 rings (SSSR count). The number of halogens is 1. The average Bonchev–Trinajstić information content (AvgIpc) is 3.07. The third-order valence-electron chi connectivity index (χ3n) is 3.32. The van der Waals surface area contributed by atoms with Crippen molar-refractivity contribution in [3.63, 3.8) is 0 Å². The summed E-state index contributed by atoms with van der Waals surface area (Å²) >= 11 is 1.52. The largest absolute Gasteiger partial charge is 0.466 e. The van der Waals surface area contributed by atoms with Gasteiger partial charge in [-0.25, -0.2) is 4.39 Å². The van der Waals surface area contributed by atoms with Crippen LogP contribution in [0.25, 0.3) is 16.5 Å². The van der Waals surface area contributed by atoms with Gasteiger partial charge in [-0.15, -0.1) is 11.3 Å². The molecule has 0 saturated carbocycles. The zero-order chi connectivity index (χ0) is 18.1. The number of carbonyl (C=O) groups excluding carboxylic acids is 2. The van der Waals surface area contributed by atoms with Gasteiger partial charge >= 0.3 is 5.97 Å². The molecule has 0 atom stereocenters. The third kappa shape index (κ3) is 6.51. The van der Waals surface area contributed by atoms with Gasteiger partial charge in [0.25, 0.3) is 0 Å². The molecule has 0 saturated heterocycles. The van der Waals surface area contributed by atoms with Crippen LogP contribution in [0.1, 0.15) is 24.6 Å². The lowest BCUT2D eigenvalue weighted by Crippen LogP contribution is -2.22. The van der Waals surface area contributed by atoms with Crippen molar-refractivity contribution in [3.05, 3.63) is 53.2 Å². The fourth-order valence-corrected chi connectivity index (χ4v) is 3.02. The highest BCUT2D eigenvalue weighted by molar-refractivity contribution is 7.16. The van der Waals surface area contributed by atoms with Crippen molar-refractivity contribution in [1.29, 1.82) is 0 Å². The lowest BCUT2D eigenvalue weighted by molar-refractivity contribution is -0.143. The van der Waals surface area contributed by atoms with Crippen molar-refractivity contribution in [1.82, 2.24) is 5.32 Å². The second-order valence-electron chi connectivity index (χ2n) is 5.24. The highest BCUT2D eigenvalue weighted by Crippen LogP contribution is 2.28. The van der Waals surface area contributed by atoms with E-state index in [4.69, 9.17) is 4.74 Å². The van der Waals surface area contributed by atoms with Gasteiger partial charge < -0.3 is 10.1 Å². The molecule has 1 N–H and O–H groups in total. The minimum absolute atomic E-state index is 0.208. The van der Waals surface area contributed by atoms with Gasteiger partial charge in [0.2, 0.25) is 5.91 Å². The Hall–Kier alpha value is -2.47. The summed E-state index contributed by atoms with van der Waals surface area (Å²) in [6.45, 7) is 2.55. The van der Waals surface area contributed by atoms with Crippen LogP contribution in [0.15, 0.2) is 42.5 Å². The van der Waals surface area contributed by atoms with E-state index in [1.807, 2.05) is 12.1 Å². The van der Waals surface area contributed by atoms with E-state index < -0.39 is 0 Å². The number of nitrogens with one attached hydrogen (secondary N) is 1. The summed E-state index contributed by atoms with van der Waals surface area (Å²) in [7, 11) is 0. The van der Waals surface area contributed by atoms with Crippen molar-refractivity contribution < 1.29 is 18.7 Å². The summed E-state index contributed by atoms with van der Waals surface area (Å²) in [5.74, 6) is -0.722. The minimum Gasteiger partial charge on any atom is -0.466 e. The first-order valence-corrected chi connectivity index (χ1v) is 8.87. The third-order valence-corrected chi connectivity index (χ3v) is 4.42. The van der Waals surface area contributed by atoms with Crippen LogP contribution in [-0.4, -0.2) is 25.0 Å². The van der Waals surface area contributed by atoms with Gasteiger partial charge in [0, 0.05) is 28.8 Å². The van der Waals surface area contributed by atoms with Crippen LogP contribution in [0.3, 0.4) is 0 Å². The van der Waals surface area contributed by atoms with Crippen LogP contribution >= 0.6 is 11.3 Å². The molecule has 0 radical (unpaired) electrons. The van der Waals surface area contributed by atoms with E-state index in [0.717, 1.165) is 15.3 Å². The Morgan fingerprint density at radius 2 is 1.96 bits per heavy atom. The molecular weight excluding hydrogens is 341 g/mol. The molecule has 0 spiro atoms. The van der Waals surface area contributed by atoms with Crippen LogP contribution in [0.2, 0.25) is 0 Å². The molecule has 4 nitrogen and oxygen atoms in total. The summed E-state index contributed by atoms with van der Waals surface area (Å²) < 4.78 is 17.8. The van der Waals surface area contributed by atoms with Crippen LogP contribution in [0.5, 0.6) is 0 Å². The SMILES string of the molecule is CCOC(=O)CCCNC(=O)/C=C/c1ccc(-c2ccc(F)cc2)s1. The first kappa shape index (κ1) is 18.9. The molecular formula is C19H20FNO3S. The number of hydrogen-bond donors (Lipinski definition) is 1. The molecule has 1 aromatic heterocycles. The molecule has 1 amide bonds. The molecule has 132 valence electrons. The lowest BCUT2D eigenvalue weighted by atomic mass is 10.2. The van der Waals surface area contributed by atoms with E-state index in [0.29, 0.717) is 26.0 Å². The standard InChI is InChI=1S/C19H20FNO3S/c1-2-24-19(23)4-3-13-21-18(22)12-10-16-9-11-17(25-16)14-5-7-15(20)8-6-14/h5-12H,2-4,13H2,1H3,(H,21,22)/b12-10+. The maximum Gasteiger partial charge on any atom is 0.305 e. The summed E-state index contributed by atoms with van der Waals surface area (Å²) in [5.41, 5.74) is 0.939. The smallest absolute Gasteiger partial charge is 0.305 e. The fraction of sp³-hybridized carbons (Fsp3) is 0.263. The van der Waals surface area contributed by atoms with Gasteiger partial charge in [-0.2, -0.15) is 0 Å². The molecule has 0 aliphatic carbocycles. The second-order valence-corrected chi connectivity index (χ2v) is 6.36. The first-order valence-electron chi connectivity index (χ1n) is 8.06. The van der Waals surface area contributed by atoms with Crippen LogP contribution in [0, 0.1) is 5.82 Å². The number of hydrogen-bond acceptors (Lipinski definition) is 4. The minimum atomic E-state index is -0.264. The summed E-state index contributed by atoms with van der Waals surface area (Å²) in [6, 6.07) is 10.2. The Bertz CT molecular complexity index is 737. The molecule has 0 aliphatic heterocycles. The van der Waals surface area contributed by atoms with Crippen LogP contribution in [-0.2, 0) is 14.3 Å². The Morgan fingerprint density at radius 1 is 1.20 bits per heavy atom. The molecule has 2 aromatic rings. The lowest BCUT2D eigenvalue weighted by Gasteiger charge is -2.02. The van der Waals surface area contributed by atoms with Crippen molar-refractivity contribution in [2.75, 3.05) is 13.2 Å². The zero-order valence-electron chi connectivity index (χ0n) is 14.0. The topological polar surface area (TPSA) is 55.4 Å². The molecule has 6 heteroatoms. The number of benzene rings is 1. The molecule has 1 aromatic carbocycles. The molecule has 1 heterocycles. The number of amides is 1. The number of ether oxygens (including phenoxy) is 1. The van der Waals surface area contributed by atoms with Crippen molar-refractivity contribution in [2.45, 2.75) is 19.8 Å². The molecule has 0 aliphatic rings. The van der Waals surface area contributed by atoms with Crippen LogP contribution in [0.4, 0.5) is 4.39 Å². The summed E-state index contributed by atoms with van der Waals surface area (Å²) in [6.07, 6.45) is 4.04. The Labute approximate surface area is 150 Å². The molecule has 0 bridgehead atoms. The van der Waals surface area contributed by atoms with E-state index >= 15 is 0 Å². The monoisotopic (exact) mass is 361 g/mol. The van der Waals surface area contributed by atoms with E-state index in [1.165, 1.54) is 29.5 Å². The Kier molecular flexibility index (Phi) is 7.35. The fourth-order valence-electron chi connectivity index (χ4n) is 2.11. The van der Waals surface area contributed by atoms with Crippen molar-refractivity contribution in [2.24, 2.45) is 0 Å². The van der Waals surface area contributed by atoms with Gasteiger partial charge in [0.15, 0.2) is 0 Å². The zero-order valence-corrected chi connectivity index (χ0v) is 14.8. The molecule has 0 fully saturated rings. The second kappa shape index (κ2) is 9.74. The first-order chi connectivity index (χ1) is 12.1. The summed E-state index contributed by atoms with van der Waals surface area (Å²) in [4.78, 5) is 24.9. The quantitative estimate of drug-likeness (QED) is 0.439. The van der Waals surface area contributed by atoms with E-state index in [1.54, 1.807) is 25.1 Å². The molecule has 0 unspecified atom stereocenters. The van der Waals surface area contributed by atoms with E-state index in [-0.39, 0.29) is 17.7 Å². The predicted molar refractivity (Wildman–Crippen MR) is 97.6 cm³/mol. The average molecular weight is 361 g/mol. The Morgan fingerprint density at radius 3 is 2.68 bits per heavy atom. The van der Waals surface area contributed by atoms with Crippen LogP contribution < -0.4 is 5.32 Å². The Balaban J connectivity index is 1.78. The highest BCUT2D eigenvalue weighted by atomic mass is 32.1. The number of esters is 1. The van der Waals surface area contributed by atoms with Gasteiger partial charge in [-0.05, 0) is 49.2 Å². The maximum atomic E-state index is 12.9.